The molecule has 8 rings (SSSR count). The fourth-order valence-corrected chi connectivity index (χ4v) is 9.30. The second-order valence-corrected chi connectivity index (χ2v) is 14.0. The standard InChI is InChI=1S/C43H37NO7/c1-51-29-16-19-36(46)34(22-29)39-30-17-18-31-38(42(50)44(41(31)49)21-20-25-12-14-28(45)15-13-25)33(30)23-35-40(48)32(26-8-4-2-5-9-26)24-37(47)43(35,39)27-10-6-3-7-11-27/h2-17,19,22,24,31,33,35,38-39,45-46H,18,20-21,23H2,1H3. The maximum absolute atomic E-state index is 15.1. The molecule has 0 spiro atoms. The molecule has 0 bridgehead atoms. The SMILES string of the molecule is COc1ccc(O)c(C2C3=CCC4C(=O)N(CCc5ccc(O)cc5)C(=O)C4C3CC3C(=O)C(c4ccccc4)=CC(=O)C32c2ccccc2)c1. The number of benzene rings is 4. The summed E-state index contributed by atoms with van der Waals surface area (Å²) < 4.78 is 5.60. The molecule has 4 aromatic carbocycles. The minimum absolute atomic E-state index is 0.0547. The largest absolute Gasteiger partial charge is 0.508 e. The van der Waals surface area contributed by atoms with Crippen molar-refractivity contribution in [2.24, 2.45) is 23.7 Å². The van der Waals surface area contributed by atoms with E-state index in [1.807, 2.05) is 66.7 Å². The Balaban J connectivity index is 1.30. The molecule has 0 radical (unpaired) electrons. The number of amides is 2. The van der Waals surface area contributed by atoms with Crippen LogP contribution in [-0.4, -0.2) is 52.1 Å². The number of methoxy groups -OCH3 is 1. The normalized spacial score (nSPS) is 26.9. The van der Waals surface area contributed by atoms with E-state index in [9.17, 15) is 19.8 Å². The van der Waals surface area contributed by atoms with Crippen molar-refractivity contribution in [2.75, 3.05) is 13.7 Å². The van der Waals surface area contributed by atoms with Crippen LogP contribution in [0.25, 0.3) is 5.57 Å². The third kappa shape index (κ3) is 5.03. The van der Waals surface area contributed by atoms with Gasteiger partial charge in [0.15, 0.2) is 11.6 Å². The maximum atomic E-state index is 15.1. The summed E-state index contributed by atoms with van der Waals surface area (Å²) in [6, 6.07) is 30.0. The van der Waals surface area contributed by atoms with E-state index in [2.05, 4.69) is 0 Å². The number of imide groups is 1. The first-order valence-corrected chi connectivity index (χ1v) is 17.3. The zero-order valence-corrected chi connectivity index (χ0v) is 28.1. The second-order valence-electron chi connectivity index (χ2n) is 14.0. The number of phenols is 2. The van der Waals surface area contributed by atoms with E-state index in [1.165, 1.54) is 24.2 Å². The molecule has 0 aromatic heterocycles. The molecular weight excluding hydrogens is 642 g/mol. The molecule has 1 aliphatic heterocycles. The highest BCUT2D eigenvalue weighted by atomic mass is 16.5. The maximum Gasteiger partial charge on any atom is 0.233 e. The van der Waals surface area contributed by atoms with Crippen LogP contribution in [0.4, 0.5) is 0 Å². The molecule has 8 heteroatoms. The molecule has 1 saturated heterocycles. The van der Waals surface area contributed by atoms with E-state index in [4.69, 9.17) is 4.74 Å². The van der Waals surface area contributed by atoms with Gasteiger partial charge in [0.25, 0.3) is 0 Å². The number of Topliss-reactive ketones (excluding diaryl/α,β-unsaturated/α-hetero) is 1. The number of phenolic OH excluding ortho intramolecular Hbond substituents is 2. The molecule has 2 N–H and O–H groups in total. The Morgan fingerprint density at radius 2 is 1.53 bits per heavy atom. The number of hydrogen-bond donors (Lipinski definition) is 2. The number of ether oxygens (including phenoxy) is 1. The minimum atomic E-state index is -1.44. The molecule has 6 unspecified atom stereocenters. The molecular formula is C43H37NO7. The topological polar surface area (TPSA) is 121 Å². The molecule has 2 amide bonds. The average Bonchev–Trinajstić information content (AvgIpc) is 3.41. The highest BCUT2D eigenvalue weighted by Gasteiger charge is 2.66. The second kappa shape index (κ2) is 12.5. The van der Waals surface area contributed by atoms with Crippen LogP contribution in [0, 0.1) is 23.7 Å². The summed E-state index contributed by atoms with van der Waals surface area (Å²) in [5.74, 6) is -4.04. The van der Waals surface area contributed by atoms with Gasteiger partial charge >= 0.3 is 0 Å². The van der Waals surface area contributed by atoms with E-state index >= 15 is 9.59 Å². The molecule has 2 fully saturated rings. The lowest BCUT2D eigenvalue weighted by atomic mass is 9.44. The number of rotatable bonds is 7. The Morgan fingerprint density at radius 3 is 2.24 bits per heavy atom. The van der Waals surface area contributed by atoms with E-state index in [1.54, 1.807) is 36.4 Å². The van der Waals surface area contributed by atoms with Gasteiger partial charge in [-0.2, -0.15) is 0 Å². The van der Waals surface area contributed by atoms with Gasteiger partial charge in [0.05, 0.1) is 24.4 Å². The number of ketones is 2. The van der Waals surface area contributed by atoms with Crippen LogP contribution in [0.3, 0.4) is 0 Å². The van der Waals surface area contributed by atoms with Crippen molar-refractivity contribution in [3.05, 3.63) is 143 Å². The summed E-state index contributed by atoms with van der Waals surface area (Å²) in [5, 5.41) is 21.3. The highest BCUT2D eigenvalue weighted by Crippen LogP contribution is 2.64. The van der Waals surface area contributed by atoms with E-state index in [0.29, 0.717) is 40.9 Å². The van der Waals surface area contributed by atoms with Crippen molar-refractivity contribution in [1.82, 2.24) is 4.90 Å². The van der Waals surface area contributed by atoms with Crippen LogP contribution >= 0.6 is 0 Å². The summed E-state index contributed by atoms with van der Waals surface area (Å²) in [6.07, 6.45) is 4.36. The number of aromatic hydroxyl groups is 2. The van der Waals surface area contributed by atoms with Gasteiger partial charge in [0.1, 0.15) is 17.2 Å². The van der Waals surface area contributed by atoms with E-state index in [0.717, 1.165) is 11.1 Å². The molecule has 256 valence electrons. The smallest absolute Gasteiger partial charge is 0.233 e. The number of carbonyl (C=O) groups is 4. The van der Waals surface area contributed by atoms with Gasteiger partial charge in [0.2, 0.25) is 11.8 Å². The van der Waals surface area contributed by atoms with Crippen molar-refractivity contribution in [1.29, 1.82) is 0 Å². The monoisotopic (exact) mass is 679 g/mol. The number of allylic oxidation sites excluding steroid dienone is 4. The van der Waals surface area contributed by atoms with Crippen LogP contribution in [0.15, 0.2) is 121 Å². The van der Waals surface area contributed by atoms with Gasteiger partial charge in [0, 0.05) is 29.5 Å². The van der Waals surface area contributed by atoms with Crippen molar-refractivity contribution < 1.29 is 34.1 Å². The Labute approximate surface area is 295 Å². The Morgan fingerprint density at radius 1 is 0.824 bits per heavy atom. The number of carbonyl (C=O) groups excluding carboxylic acids is 4. The van der Waals surface area contributed by atoms with E-state index in [-0.39, 0.29) is 47.8 Å². The first-order chi connectivity index (χ1) is 24.7. The zero-order chi connectivity index (χ0) is 35.4. The van der Waals surface area contributed by atoms with Crippen LogP contribution in [0.2, 0.25) is 0 Å². The predicted octanol–water partition coefficient (Wildman–Crippen LogP) is 6.17. The first-order valence-electron chi connectivity index (χ1n) is 17.3. The first kappa shape index (κ1) is 32.4. The molecule has 1 heterocycles. The molecule has 1 saturated carbocycles. The molecule has 8 nitrogen and oxygen atoms in total. The van der Waals surface area contributed by atoms with Crippen molar-refractivity contribution in [3.63, 3.8) is 0 Å². The van der Waals surface area contributed by atoms with E-state index < -0.39 is 35.0 Å². The fraction of sp³-hybridized carbons (Fsp3) is 0.256. The highest BCUT2D eigenvalue weighted by molar-refractivity contribution is 6.31. The van der Waals surface area contributed by atoms with Gasteiger partial charge in [-0.1, -0.05) is 84.4 Å². The minimum Gasteiger partial charge on any atom is -0.508 e. The molecule has 4 aromatic rings. The Hall–Kier alpha value is -5.76. The van der Waals surface area contributed by atoms with Gasteiger partial charge in [-0.25, -0.2) is 0 Å². The van der Waals surface area contributed by atoms with Gasteiger partial charge in [-0.3, -0.25) is 24.1 Å². The molecule has 4 aliphatic rings. The molecule has 3 aliphatic carbocycles. The summed E-state index contributed by atoms with van der Waals surface area (Å²) in [7, 11) is 1.53. The lowest BCUT2D eigenvalue weighted by Gasteiger charge is -2.55. The van der Waals surface area contributed by atoms with Crippen molar-refractivity contribution >= 4 is 29.0 Å². The lowest BCUT2D eigenvalue weighted by molar-refractivity contribution is -0.140. The Kier molecular flexibility index (Phi) is 7.97. The van der Waals surface area contributed by atoms with Crippen LogP contribution in [0.5, 0.6) is 17.2 Å². The lowest BCUT2D eigenvalue weighted by Crippen LogP contribution is -2.58. The van der Waals surface area contributed by atoms with Gasteiger partial charge in [-0.05, 0) is 78.3 Å². The fourth-order valence-electron chi connectivity index (χ4n) is 9.30. The number of nitrogens with zero attached hydrogens (tertiary/aromatic N) is 1. The van der Waals surface area contributed by atoms with Gasteiger partial charge < -0.3 is 14.9 Å². The predicted molar refractivity (Wildman–Crippen MR) is 190 cm³/mol. The zero-order valence-electron chi connectivity index (χ0n) is 28.1. The molecule has 51 heavy (non-hydrogen) atoms. The number of hydrogen-bond acceptors (Lipinski definition) is 7. The number of fused-ring (bicyclic) bond motifs is 4. The average molecular weight is 680 g/mol. The van der Waals surface area contributed by atoms with Gasteiger partial charge in [-0.15, -0.1) is 0 Å². The van der Waals surface area contributed by atoms with Crippen molar-refractivity contribution in [2.45, 2.75) is 30.6 Å². The molecule has 6 atom stereocenters. The summed E-state index contributed by atoms with van der Waals surface area (Å²) in [6.45, 7) is 0.188. The quantitative estimate of drug-likeness (QED) is 0.177. The summed E-state index contributed by atoms with van der Waals surface area (Å²) in [4.78, 5) is 59.9. The third-order valence-electron chi connectivity index (χ3n) is 11.6. The summed E-state index contributed by atoms with van der Waals surface area (Å²) in [5.41, 5.74) is 2.24. The van der Waals surface area contributed by atoms with Crippen LogP contribution < -0.4 is 4.74 Å². The number of likely N-dealkylation sites (tertiary alicyclic amines) is 1. The third-order valence-corrected chi connectivity index (χ3v) is 11.6. The Bertz CT molecular complexity index is 2120. The van der Waals surface area contributed by atoms with Crippen LogP contribution in [0.1, 0.15) is 41.0 Å². The van der Waals surface area contributed by atoms with Crippen molar-refractivity contribution in [3.8, 4) is 17.2 Å². The summed E-state index contributed by atoms with van der Waals surface area (Å²) >= 11 is 0. The van der Waals surface area contributed by atoms with Crippen LogP contribution in [-0.2, 0) is 31.0 Å².